The molecule has 1 aliphatic rings. The molecule has 0 bridgehead atoms. The number of methoxy groups -OCH3 is 1. The third-order valence-corrected chi connectivity index (χ3v) is 5.20. The molecule has 1 aliphatic heterocycles. The molecule has 2 heterocycles. The first-order valence-corrected chi connectivity index (χ1v) is 9.56. The molecule has 6 nitrogen and oxygen atoms in total. The van der Waals surface area contributed by atoms with Crippen LogP contribution in [0, 0.1) is 5.82 Å². The molecule has 0 N–H and O–H groups in total. The van der Waals surface area contributed by atoms with Crippen molar-refractivity contribution in [1.29, 1.82) is 0 Å². The first kappa shape index (κ1) is 19.1. The fourth-order valence-electron chi connectivity index (χ4n) is 3.55. The number of carbonyl (C=O) groups excluding carboxylic acids is 1. The van der Waals surface area contributed by atoms with Crippen molar-refractivity contribution in [1.82, 2.24) is 19.4 Å². The first-order chi connectivity index (χ1) is 14.1. The average molecular weight is 394 g/mol. The molecule has 1 amide bonds. The standard InChI is InChI=1S/C22H23FN4O2/c1-29-21-7-2-17(14-20(21)23)15-25-10-12-26(13-11-25)22(28)18-3-5-19(6-4-18)27-9-8-24-16-27/h2-9,14,16H,10-13,15H2,1H3. The molecule has 1 fully saturated rings. The van der Waals surface area contributed by atoms with Crippen LogP contribution in [0.25, 0.3) is 5.69 Å². The molecule has 1 saturated heterocycles. The fraction of sp³-hybridized carbons (Fsp3) is 0.273. The fourth-order valence-corrected chi connectivity index (χ4v) is 3.55. The Balaban J connectivity index is 1.33. The summed E-state index contributed by atoms with van der Waals surface area (Å²) in [7, 11) is 1.46. The van der Waals surface area contributed by atoms with Crippen LogP contribution in [0.2, 0.25) is 0 Å². The second kappa shape index (κ2) is 8.45. The Morgan fingerprint density at radius 2 is 1.86 bits per heavy atom. The molecular weight excluding hydrogens is 371 g/mol. The highest BCUT2D eigenvalue weighted by Gasteiger charge is 2.22. The van der Waals surface area contributed by atoms with Crippen molar-refractivity contribution >= 4 is 5.91 Å². The molecule has 1 aromatic heterocycles. The van der Waals surface area contributed by atoms with Gasteiger partial charge in [-0.25, -0.2) is 9.37 Å². The lowest BCUT2D eigenvalue weighted by Crippen LogP contribution is -2.48. The molecule has 0 atom stereocenters. The third kappa shape index (κ3) is 4.30. The minimum Gasteiger partial charge on any atom is -0.494 e. The van der Waals surface area contributed by atoms with Gasteiger partial charge >= 0.3 is 0 Å². The van der Waals surface area contributed by atoms with E-state index in [0.717, 1.165) is 24.3 Å². The number of rotatable bonds is 5. The molecule has 0 unspecified atom stereocenters. The number of carbonyl (C=O) groups is 1. The summed E-state index contributed by atoms with van der Waals surface area (Å²) in [5.74, 6) is -0.0569. The smallest absolute Gasteiger partial charge is 0.253 e. The number of nitrogens with zero attached hydrogens (tertiary/aromatic N) is 4. The van der Waals surface area contributed by atoms with Crippen LogP contribution in [-0.4, -0.2) is 58.5 Å². The highest BCUT2D eigenvalue weighted by atomic mass is 19.1. The van der Waals surface area contributed by atoms with Crippen LogP contribution in [0.3, 0.4) is 0 Å². The van der Waals surface area contributed by atoms with Gasteiger partial charge in [0.05, 0.1) is 13.4 Å². The highest BCUT2D eigenvalue weighted by Crippen LogP contribution is 2.19. The molecule has 150 valence electrons. The highest BCUT2D eigenvalue weighted by molar-refractivity contribution is 5.94. The van der Waals surface area contributed by atoms with Gasteiger partial charge in [-0.3, -0.25) is 9.69 Å². The van der Waals surface area contributed by atoms with E-state index in [1.165, 1.54) is 13.2 Å². The largest absolute Gasteiger partial charge is 0.494 e. The van der Waals surface area contributed by atoms with Gasteiger partial charge in [-0.1, -0.05) is 6.07 Å². The van der Waals surface area contributed by atoms with Crippen molar-refractivity contribution in [2.45, 2.75) is 6.54 Å². The molecule has 3 aromatic rings. The Kier molecular flexibility index (Phi) is 5.57. The van der Waals surface area contributed by atoms with Gasteiger partial charge in [0.2, 0.25) is 0 Å². The lowest BCUT2D eigenvalue weighted by Gasteiger charge is -2.34. The van der Waals surface area contributed by atoms with Crippen molar-refractivity contribution in [3.63, 3.8) is 0 Å². The summed E-state index contributed by atoms with van der Waals surface area (Å²) in [5, 5.41) is 0. The van der Waals surface area contributed by atoms with Crippen LogP contribution < -0.4 is 4.74 Å². The van der Waals surface area contributed by atoms with Gasteiger partial charge in [-0.2, -0.15) is 0 Å². The molecule has 0 spiro atoms. The van der Waals surface area contributed by atoms with E-state index in [4.69, 9.17) is 4.74 Å². The van der Waals surface area contributed by atoms with E-state index in [9.17, 15) is 9.18 Å². The zero-order chi connectivity index (χ0) is 20.2. The predicted molar refractivity (Wildman–Crippen MR) is 108 cm³/mol. The van der Waals surface area contributed by atoms with E-state index in [-0.39, 0.29) is 17.5 Å². The second-order valence-electron chi connectivity index (χ2n) is 7.05. The van der Waals surface area contributed by atoms with Crippen LogP contribution in [0.1, 0.15) is 15.9 Å². The Morgan fingerprint density at radius 1 is 1.10 bits per heavy atom. The van der Waals surface area contributed by atoms with Crippen molar-refractivity contribution in [2.24, 2.45) is 0 Å². The Labute approximate surface area is 169 Å². The SMILES string of the molecule is COc1ccc(CN2CCN(C(=O)c3ccc(-n4ccnc4)cc3)CC2)cc1F. The molecule has 0 saturated carbocycles. The number of hydrogen-bond acceptors (Lipinski definition) is 4. The molecular formula is C22H23FN4O2. The number of aromatic nitrogens is 2. The molecule has 7 heteroatoms. The Morgan fingerprint density at radius 3 is 2.48 bits per heavy atom. The lowest BCUT2D eigenvalue weighted by molar-refractivity contribution is 0.0628. The summed E-state index contributed by atoms with van der Waals surface area (Å²) in [4.78, 5) is 20.9. The monoisotopic (exact) mass is 394 g/mol. The van der Waals surface area contributed by atoms with Gasteiger partial charge in [-0.15, -0.1) is 0 Å². The van der Waals surface area contributed by atoms with Crippen molar-refractivity contribution < 1.29 is 13.9 Å². The molecule has 29 heavy (non-hydrogen) atoms. The van der Waals surface area contributed by atoms with Gasteiger partial charge in [0.1, 0.15) is 0 Å². The number of imidazole rings is 1. The van der Waals surface area contributed by atoms with Crippen LogP contribution in [0.15, 0.2) is 61.2 Å². The molecule has 2 aromatic carbocycles. The van der Waals surface area contributed by atoms with Gasteiger partial charge in [0, 0.05) is 56.4 Å². The average Bonchev–Trinajstić information content (AvgIpc) is 3.29. The van der Waals surface area contributed by atoms with E-state index in [1.807, 2.05) is 46.0 Å². The zero-order valence-electron chi connectivity index (χ0n) is 16.3. The number of hydrogen-bond donors (Lipinski definition) is 0. The minimum atomic E-state index is -0.349. The minimum absolute atomic E-state index is 0.0392. The van der Waals surface area contributed by atoms with Crippen molar-refractivity contribution in [2.75, 3.05) is 33.3 Å². The maximum atomic E-state index is 13.9. The van der Waals surface area contributed by atoms with E-state index >= 15 is 0 Å². The zero-order valence-corrected chi connectivity index (χ0v) is 16.3. The second-order valence-corrected chi connectivity index (χ2v) is 7.05. The number of ether oxygens (including phenoxy) is 1. The summed E-state index contributed by atoms with van der Waals surface area (Å²) >= 11 is 0. The Bertz CT molecular complexity index is 965. The maximum Gasteiger partial charge on any atom is 0.253 e. The van der Waals surface area contributed by atoms with Crippen molar-refractivity contribution in [3.8, 4) is 11.4 Å². The van der Waals surface area contributed by atoms with Crippen LogP contribution in [-0.2, 0) is 6.54 Å². The molecule has 4 rings (SSSR count). The molecule has 0 aliphatic carbocycles. The predicted octanol–water partition coefficient (Wildman–Crippen LogP) is 2.98. The quantitative estimate of drug-likeness (QED) is 0.668. The van der Waals surface area contributed by atoms with E-state index in [0.29, 0.717) is 25.2 Å². The van der Waals surface area contributed by atoms with Crippen molar-refractivity contribution in [3.05, 3.63) is 78.1 Å². The summed E-state index contributed by atoms with van der Waals surface area (Å²) in [6.45, 7) is 3.48. The van der Waals surface area contributed by atoms with Crippen LogP contribution >= 0.6 is 0 Å². The van der Waals surface area contributed by atoms with E-state index < -0.39 is 0 Å². The van der Waals surface area contributed by atoms with Gasteiger partial charge in [-0.05, 0) is 42.0 Å². The van der Waals surface area contributed by atoms with Gasteiger partial charge in [0.15, 0.2) is 11.6 Å². The van der Waals surface area contributed by atoms with Crippen LogP contribution in [0.5, 0.6) is 5.75 Å². The Hall–Kier alpha value is -3.19. The normalized spacial score (nSPS) is 14.8. The van der Waals surface area contributed by atoms with Gasteiger partial charge < -0.3 is 14.2 Å². The summed E-state index contributed by atoms with van der Waals surface area (Å²) in [6.07, 6.45) is 5.31. The number of halogens is 1. The van der Waals surface area contributed by atoms with Crippen LogP contribution in [0.4, 0.5) is 4.39 Å². The van der Waals surface area contributed by atoms with E-state index in [2.05, 4.69) is 9.88 Å². The third-order valence-electron chi connectivity index (χ3n) is 5.20. The number of piperazine rings is 1. The summed E-state index contributed by atoms with van der Waals surface area (Å²) < 4.78 is 20.7. The molecule has 0 radical (unpaired) electrons. The lowest BCUT2D eigenvalue weighted by atomic mass is 10.1. The van der Waals surface area contributed by atoms with E-state index in [1.54, 1.807) is 18.6 Å². The number of benzene rings is 2. The first-order valence-electron chi connectivity index (χ1n) is 9.56. The maximum absolute atomic E-state index is 13.9. The summed E-state index contributed by atoms with van der Waals surface area (Å²) in [5.41, 5.74) is 2.55. The summed E-state index contributed by atoms with van der Waals surface area (Å²) in [6, 6.07) is 12.6. The topological polar surface area (TPSA) is 50.6 Å². The number of amides is 1. The van der Waals surface area contributed by atoms with Gasteiger partial charge in [0.25, 0.3) is 5.91 Å².